The van der Waals surface area contributed by atoms with Crippen molar-refractivity contribution in [2.24, 2.45) is 0 Å². The van der Waals surface area contributed by atoms with E-state index >= 15 is 0 Å². The van der Waals surface area contributed by atoms with Crippen molar-refractivity contribution in [1.82, 2.24) is 0 Å². The monoisotopic (exact) mass is 382 g/mol. The van der Waals surface area contributed by atoms with Crippen LogP contribution in [0.5, 0.6) is 11.5 Å². The summed E-state index contributed by atoms with van der Waals surface area (Å²) < 4.78 is 10.4. The highest BCUT2D eigenvalue weighted by atomic mass is 16.6. The van der Waals surface area contributed by atoms with E-state index in [4.69, 9.17) is 9.47 Å². The van der Waals surface area contributed by atoms with Crippen LogP contribution in [-0.2, 0) is 4.79 Å². The highest BCUT2D eigenvalue weighted by molar-refractivity contribution is 6.06. The van der Waals surface area contributed by atoms with Crippen molar-refractivity contribution in [2.45, 2.75) is 6.92 Å². The van der Waals surface area contributed by atoms with Gasteiger partial charge in [0.05, 0.1) is 24.3 Å². The average molecular weight is 382 g/mol. The molecular formula is C19H18N4O5. The lowest BCUT2D eigenvalue weighted by Gasteiger charge is -2.09. The van der Waals surface area contributed by atoms with Crippen molar-refractivity contribution in [2.75, 3.05) is 24.4 Å². The number of nitro benzene ring substituents is 1. The molecule has 144 valence electrons. The summed E-state index contributed by atoms with van der Waals surface area (Å²) in [5.41, 5.74) is 0.359. The normalized spacial score (nSPS) is 10.5. The van der Waals surface area contributed by atoms with Crippen LogP contribution < -0.4 is 20.1 Å². The molecule has 0 aliphatic carbocycles. The molecule has 0 spiro atoms. The molecule has 0 aliphatic heterocycles. The lowest BCUT2D eigenvalue weighted by Crippen LogP contribution is -2.14. The number of anilines is 2. The Morgan fingerprint density at radius 3 is 2.57 bits per heavy atom. The minimum absolute atomic E-state index is 0.158. The molecule has 28 heavy (non-hydrogen) atoms. The van der Waals surface area contributed by atoms with Gasteiger partial charge in [-0.1, -0.05) is 0 Å². The van der Waals surface area contributed by atoms with E-state index in [1.165, 1.54) is 25.3 Å². The van der Waals surface area contributed by atoms with Crippen LogP contribution >= 0.6 is 0 Å². The second-order valence-corrected chi connectivity index (χ2v) is 5.37. The number of carbonyl (C=O) groups excluding carboxylic acids is 1. The first-order valence-electron chi connectivity index (χ1n) is 8.22. The van der Waals surface area contributed by atoms with Gasteiger partial charge in [0.1, 0.15) is 23.1 Å². The molecule has 0 saturated heterocycles. The van der Waals surface area contributed by atoms with Crippen LogP contribution in [0.15, 0.2) is 54.2 Å². The van der Waals surface area contributed by atoms with E-state index in [0.717, 1.165) is 6.20 Å². The maximum Gasteiger partial charge on any atom is 0.271 e. The summed E-state index contributed by atoms with van der Waals surface area (Å²) in [4.78, 5) is 22.7. The zero-order valence-electron chi connectivity index (χ0n) is 15.3. The summed E-state index contributed by atoms with van der Waals surface area (Å²) in [7, 11) is 1.40. The number of ether oxygens (including phenoxy) is 2. The molecule has 0 aromatic heterocycles. The minimum Gasteiger partial charge on any atom is -0.495 e. The number of nitriles is 1. The Labute approximate surface area is 161 Å². The van der Waals surface area contributed by atoms with Gasteiger partial charge in [-0.2, -0.15) is 5.26 Å². The first-order valence-corrected chi connectivity index (χ1v) is 8.22. The number of nitrogens with zero attached hydrogens (tertiary/aromatic N) is 2. The van der Waals surface area contributed by atoms with Crippen LogP contribution in [-0.4, -0.2) is 24.5 Å². The molecule has 0 fully saturated rings. The van der Waals surface area contributed by atoms with Crippen LogP contribution in [0.25, 0.3) is 0 Å². The number of hydrogen-bond donors (Lipinski definition) is 2. The lowest BCUT2D eigenvalue weighted by molar-refractivity contribution is -0.384. The number of hydrogen-bond acceptors (Lipinski definition) is 7. The second kappa shape index (κ2) is 9.59. The summed E-state index contributed by atoms with van der Waals surface area (Å²) in [5, 5.41) is 25.5. The molecule has 0 aliphatic rings. The van der Waals surface area contributed by atoms with E-state index in [0.29, 0.717) is 23.8 Å². The number of nitrogens with one attached hydrogen (secondary N) is 2. The Bertz CT molecular complexity index is 932. The Morgan fingerprint density at radius 2 is 2.00 bits per heavy atom. The number of rotatable bonds is 8. The third-order valence-electron chi connectivity index (χ3n) is 3.55. The molecule has 1 amide bonds. The standard InChI is InChI=1S/C19H18N4O5/c1-3-28-16-7-4-14(5-8-16)22-19(24)13(11-20)12-21-17-10-15(23(25)26)6-9-18(17)27-2/h4-10,12,21H,3H2,1-2H3,(H,22,24)/b13-12-. The van der Waals surface area contributed by atoms with Crippen molar-refractivity contribution in [1.29, 1.82) is 5.26 Å². The molecule has 0 heterocycles. The summed E-state index contributed by atoms with van der Waals surface area (Å²) in [6, 6.07) is 12.4. The van der Waals surface area contributed by atoms with Gasteiger partial charge >= 0.3 is 0 Å². The summed E-state index contributed by atoms with van der Waals surface area (Å²) >= 11 is 0. The van der Waals surface area contributed by atoms with E-state index in [1.807, 2.05) is 6.92 Å². The quantitative estimate of drug-likeness (QED) is 0.310. The van der Waals surface area contributed by atoms with E-state index in [1.54, 1.807) is 30.3 Å². The minimum atomic E-state index is -0.636. The van der Waals surface area contributed by atoms with Crippen molar-refractivity contribution >= 4 is 23.0 Å². The maximum absolute atomic E-state index is 12.3. The summed E-state index contributed by atoms with van der Waals surface area (Å²) in [5.74, 6) is 0.352. The van der Waals surface area contributed by atoms with E-state index < -0.39 is 10.8 Å². The fraction of sp³-hybridized carbons (Fsp3) is 0.158. The summed E-state index contributed by atoms with van der Waals surface area (Å²) in [6.07, 6.45) is 1.16. The molecule has 2 rings (SSSR count). The van der Waals surface area contributed by atoms with E-state index in [2.05, 4.69) is 10.6 Å². The maximum atomic E-state index is 12.3. The zero-order chi connectivity index (χ0) is 20.5. The fourth-order valence-corrected chi connectivity index (χ4v) is 2.22. The number of amides is 1. The molecular weight excluding hydrogens is 364 g/mol. The third-order valence-corrected chi connectivity index (χ3v) is 3.55. The fourth-order valence-electron chi connectivity index (χ4n) is 2.22. The van der Waals surface area contributed by atoms with Gasteiger partial charge in [-0.3, -0.25) is 14.9 Å². The molecule has 0 unspecified atom stereocenters. The van der Waals surface area contributed by atoms with Crippen LogP contribution in [0.1, 0.15) is 6.92 Å². The van der Waals surface area contributed by atoms with Crippen molar-refractivity contribution in [3.63, 3.8) is 0 Å². The number of non-ortho nitro benzene ring substituents is 1. The number of methoxy groups -OCH3 is 1. The lowest BCUT2D eigenvalue weighted by atomic mass is 10.2. The predicted octanol–water partition coefficient (Wildman–Crippen LogP) is 3.46. The van der Waals surface area contributed by atoms with Crippen molar-refractivity contribution in [3.8, 4) is 17.6 Å². The number of carbonyl (C=O) groups is 1. The number of benzene rings is 2. The van der Waals surface area contributed by atoms with Crippen molar-refractivity contribution < 1.29 is 19.2 Å². The van der Waals surface area contributed by atoms with Gasteiger partial charge < -0.3 is 20.1 Å². The number of nitro groups is 1. The van der Waals surface area contributed by atoms with E-state index in [9.17, 15) is 20.2 Å². The molecule has 2 aromatic rings. The van der Waals surface area contributed by atoms with Gasteiger partial charge in [0.15, 0.2) is 0 Å². The molecule has 0 bridgehead atoms. The third kappa shape index (κ3) is 5.22. The Morgan fingerprint density at radius 1 is 1.29 bits per heavy atom. The molecule has 2 N–H and O–H groups in total. The van der Waals surface area contributed by atoms with Crippen LogP contribution in [0.4, 0.5) is 17.1 Å². The van der Waals surface area contributed by atoms with Crippen molar-refractivity contribution in [3.05, 3.63) is 64.4 Å². The molecule has 9 nitrogen and oxygen atoms in total. The average Bonchev–Trinajstić information content (AvgIpc) is 2.70. The first kappa shape index (κ1) is 20.3. The molecule has 0 saturated carbocycles. The molecule has 0 atom stereocenters. The summed E-state index contributed by atoms with van der Waals surface area (Å²) in [6.45, 7) is 2.39. The predicted molar refractivity (Wildman–Crippen MR) is 103 cm³/mol. The highest BCUT2D eigenvalue weighted by Crippen LogP contribution is 2.29. The first-order chi connectivity index (χ1) is 13.5. The zero-order valence-corrected chi connectivity index (χ0v) is 15.3. The van der Waals surface area contributed by atoms with E-state index in [-0.39, 0.29) is 16.9 Å². The van der Waals surface area contributed by atoms with Gasteiger partial charge in [-0.15, -0.1) is 0 Å². The van der Waals surface area contributed by atoms with Gasteiger partial charge in [0.25, 0.3) is 11.6 Å². The van der Waals surface area contributed by atoms with Crippen LogP contribution in [0, 0.1) is 21.4 Å². The second-order valence-electron chi connectivity index (χ2n) is 5.37. The highest BCUT2D eigenvalue weighted by Gasteiger charge is 2.13. The topological polar surface area (TPSA) is 127 Å². The smallest absolute Gasteiger partial charge is 0.271 e. The molecule has 2 aromatic carbocycles. The van der Waals surface area contributed by atoms with Gasteiger partial charge in [-0.25, -0.2) is 0 Å². The molecule has 9 heteroatoms. The Hall–Kier alpha value is -4.06. The van der Waals surface area contributed by atoms with Gasteiger partial charge in [0, 0.05) is 24.0 Å². The Kier molecular flexibility index (Phi) is 6.93. The Balaban J connectivity index is 2.15. The SMILES string of the molecule is CCOc1ccc(NC(=O)/C(C#N)=C\Nc2cc([N+](=O)[O-])ccc2OC)cc1. The van der Waals surface area contributed by atoms with Crippen LogP contribution in [0.3, 0.4) is 0 Å². The van der Waals surface area contributed by atoms with Gasteiger partial charge in [-0.05, 0) is 37.3 Å². The largest absolute Gasteiger partial charge is 0.495 e. The van der Waals surface area contributed by atoms with Crippen LogP contribution in [0.2, 0.25) is 0 Å². The van der Waals surface area contributed by atoms with Gasteiger partial charge in [0.2, 0.25) is 0 Å². The molecule has 0 radical (unpaired) electrons.